The van der Waals surface area contributed by atoms with Gasteiger partial charge in [-0.15, -0.1) is 0 Å². The number of halogens is 1. The zero-order valence-corrected chi connectivity index (χ0v) is 19.9. The quantitative estimate of drug-likeness (QED) is 0.293. The Kier molecular flexibility index (Phi) is 5.30. The minimum absolute atomic E-state index is 0.178. The van der Waals surface area contributed by atoms with Crippen molar-refractivity contribution in [2.45, 2.75) is 19.0 Å². The van der Waals surface area contributed by atoms with Crippen molar-refractivity contribution in [1.29, 1.82) is 0 Å². The standard InChI is InChI=1S/C29H23FN4S/c1-19-17-23(13-14-24(19)30)34-28(27(32-29(34)35)25-9-4-5-15-31-25)26-10-6-16-33(26)22-12-11-20-7-2-3-8-21(20)18-22/h2-18,27-28H,1H3,(H,32,35)/t27-,28+/m0/s1. The molecule has 0 aliphatic carbocycles. The summed E-state index contributed by atoms with van der Waals surface area (Å²) in [7, 11) is 0. The molecule has 0 radical (unpaired) electrons. The first-order chi connectivity index (χ1) is 17.1. The third-order valence-corrected chi connectivity index (χ3v) is 6.93. The van der Waals surface area contributed by atoms with E-state index in [0.717, 1.165) is 22.8 Å². The molecular weight excluding hydrogens is 455 g/mol. The van der Waals surface area contributed by atoms with E-state index in [9.17, 15) is 4.39 Å². The van der Waals surface area contributed by atoms with Crippen molar-refractivity contribution >= 4 is 33.8 Å². The van der Waals surface area contributed by atoms with Gasteiger partial charge in [-0.05, 0) is 90.1 Å². The van der Waals surface area contributed by atoms with Crippen molar-refractivity contribution in [3.05, 3.63) is 126 Å². The van der Waals surface area contributed by atoms with Gasteiger partial charge in [-0.25, -0.2) is 4.39 Å². The van der Waals surface area contributed by atoms with Gasteiger partial charge in [-0.3, -0.25) is 4.98 Å². The van der Waals surface area contributed by atoms with Gasteiger partial charge >= 0.3 is 0 Å². The lowest BCUT2D eigenvalue weighted by atomic mass is 10.00. The van der Waals surface area contributed by atoms with Crippen LogP contribution in [0.2, 0.25) is 0 Å². The summed E-state index contributed by atoms with van der Waals surface area (Å²) in [6.07, 6.45) is 3.87. The van der Waals surface area contributed by atoms with Gasteiger partial charge in [0.1, 0.15) is 11.9 Å². The second-order valence-electron chi connectivity index (χ2n) is 8.76. The molecular formula is C29H23FN4S. The monoisotopic (exact) mass is 478 g/mol. The van der Waals surface area contributed by atoms with E-state index >= 15 is 0 Å². The van der Waals surface area contributed by atoms with Crippen LogP contribution in [0.4, 0.5) is 10.1 Å². The first-order valence-electron chi connectivity index (χ1n) is 11.5. The van der Waals surface area contributed by atoms with Gasteiger partial charge in [-0.2, -0.15) is 0 Å². The topological polar surface area (TPSA) is 33.1 Å². The number of rotatable bonds is 4. The van der Waals surface area contributed by atoms with E-state index in [1.54, 1.807) is 19.2 Å². The number of nitrogens with one attached hydrogen (secondary N) is 1. The number of pyridine rings is 1. The lowest BCUT2D eigenvalue weighted by molar-refractivity contribution is 0.549. The first kappa shape index (κ1) is 21.5. The number of nitrogens with zero attached hydrogens (tertiary/aromatic N) is 3. The highest BCUT2D eigenvalue weighted by atomic mass is 32.1. The van der Waals surface area contributed by atoms with Crippen molar-refractivity contribution in [3.63, 3.8) is 0 Å². The number of hydrogen-bond donors (Lipinski definition) is 1. The maximum absolute atomic E-state index is 14.1. The number of hydrogen-bond acceptors (Lipinski definition) is 2. The van der Waals surface area contributed by atoms with Crippen LogP contribution in [0.25, 0.3) is 16.5 Å². The van der Waals surface area contributed by atoms with E-state index < -0.39 is 0 Å². The van der Waals surface area contributed by atoms with Crippen LogP contribution >= 0.6 is 12.2 Å². The van der Waals surface area contributed by atoms with Crippen LogP contribution in [0.3, 0.4) is 0 Å². The summed E-state index contributed by atoms with van der Waals surface area (Å²) >= 11 is 5.83. The maximum Gasteiger partial charge on any atom is 0.174 e. The highest BCUT2D eigenvalue weighted by molar-refractivity contribution is 7.80. The normalized spacial score (nSPS) is 17.7. The fourth-order valence-electron chi connectivity index (χ4n) is 4.91. The van der Waals surface area contributed by atoms with Crippen LogP contribution in [-0.2, 0) is 0 Å². The van der Waals surface area contributed by atoms with Crippen molar-refractivity contribution in [2.24, 2.45) is 0 Å². The molecule has 3 heterocycles. The molecule has 172 valence electrons. The van der Waals surface area contributed by atoms with Crippen molar-refractivity contribution in [2.75, 3.05) is 4.90 Å². The number of benzene rings is 3. The van der Waals surface area contributed by atoms with Crippen LogP contribution in [0, 0.1) is 12.7 Å². The molecule has 1 N–H and O–H groups in total. The SMILES string of the molecule is Cc1cc(N2C(=S)N[C@@H](c3ccccn3)[C@H]2c2cccn2-c2ccc3ccccc3c2)ccc1F. The lowest BCUT2D eigenvalue weighted by Gasteiger charge is -2.29. The summed E-state index contributed by atoms with van der Waals surface area (Å²) in [6, 6.07) is 29.7. The maximum atomic E-state index is 14.1. The minimum Gasteiger partial charge on any atom is -0.351 e. The number of aryl methyl sites for hydroxylation is 1. The summed E-state index contributed by atoms with van der Waals surface area (Å²) in [4.78, 5) is 6.72. The third kappa shape index (κ3) is 3.76. The highest BCUT2D eigenvalue weighted by Crippen LogP contribution is 2.42. The summed E-state index contributed by atoms with van der Waals surface area (Å²) in [5, 5.41) is 6.45. The van der Waals surface area contributed by atoms with Gasteiger partial charge in [0.15, 0.2) is 5.11 Å². The molecule has 35 heavy (non-hydrogen) atoms. The number of aromatic nitrogens is 2. The van der Waals surface area contributed by atoms with E-state index in [4.69, 9.17) is 12.2 Å². The average Bonchev–Trinajstić information content (AvgIpc) is 3.50. The smallest absolute Gasteiger partial charge is 0.174 e. The molecule has 0 amide bonds. The van der Waals surface area contributed by atoms with Crippen LogP contribution in [0.5, 0.6) is 0 Å². The molecule has 3 aromatic carbocycles. The van der Waals surface area contributed by atoms with Crippen LogP contribution in [-0.4, -0.2) is 14.7 Å². The fourth-order valence-corrected chi connectivity index (χ4v) is 5.25. The molecule has 0 spiro atoms. The molecule has 0 saturated carbocycles. The van der Waals surface area contributed by atoms with E-state index in [1.807, 2.05) is 30.3 Å². The van der Waals surface area contributed by atoms with Gasteiger partial charge in [-0.1, -0.05) is 36.4 Å². The van der Waals surface area contributed by atoms with Gasteiger partial charge in [0, 0.05) is 29.5 Å². The highest BCUT2D eigenvalue weighted by Gasteiger charge is 2.42. The molecule has 0 bridgehead atoms. The van der Waals surface area contributed by atoms with Crippen molar-refractivity contribution < 1.29 is 4.39 Å². The van der Waals surface area contributed by atoms with Gasteiger partial charge in [0.2, 0.25) is 0 Å². The summed E-state index contributed by atoms with van der Waals surface area (Å²) in [6.45, 7) is 1.77. The molecule has 2 aromatic heterocycles. The van der Waals surface area contributed by atoms with Crippen LogP contribution in [0.15, 0.2) is 103 Å². The third-order valence-electron chi connectivity index (χ3n) is 6.61. The van der Waals surface area contributed by atoms with Crippen molar-refractivity contribution in [3.8, 4) is 5.69 Å². The zero-order valence-electron chi connectivity index (χ0n) is 19.1. The molecule has 5 aromatic rings. The molecule has 0 unspecified atom stereocenters. The number of thiocarbonyl (C=S) groups is 1. The average molecular weight is 479 g/mol. The second-order valence-corrected chi connectivity index (χ2v) is 9.15. The largest absolute Gasteiger partial charge is 0.351 e. The Labute approximate surface area is 208 Å². The Morgan fingerprint density at radius 3 is 2.46 bits per heavy atom. The molecule has 1 aliphatic rings. The Morgan fingerprint density at radius 2 is 1.66 bits per heavy atom. The first-order valence-corrected chi connectivity index (χ1v) is 11.9. The van der Waals surface area contributed by atoms with E-state index in [-0.39, 0.29) is 17.9 Å². The van der Waals surface area contributed by atoms with Crippen molar-refractivity contribution in [1.82, 2.24) is 14.9 Å². The predicted molar refractivity (Wildman–Crippen MR) is 142 cm³/mol. The van der Waals surface area contributed by atoms with Gasteiger partial charge < -0.3 is 14.8 Å². The molecule has 4 nitrogen and oxygen atoms in total. The molecule has 1 fully saturated rings. The Hall–Kier alpha value is -4.03. The minimum atomic E-state index is -0.232. The van der Waals surface area contributed by atoms with Crippen LogP contribution in [0.1, 0.15) is 29.0 Å². The van der Waals surface area contributed by atoms with Crippen LogP contribution < -0.4 is 10.2 Å². The Balaban J connectivity index is 1.52. The molecule has 6 heteroatoms. The molecule has 2 atom stereocenters. The van der Waals surface area contributed by atoms with Gasteiger partial charge in [0.05, 0.1) is 11.7 Å². The lowest BCUT2D eigenvalue weighted by Crippen LogP contribution is -2.30. The van der Waals surface area contributed by atoms with E-state index in [1.165, 1.54) is 16.8 Å². The predicted octanol–water partition coefficient (Wildman–Crippen LogP) is 6.65. The van der Waals surface area contributed by atoms with E-state index in [2.05, 4.69) is 74.5 Å². The molecule has 1 saturated heterocycles. The molecule has 6 rings (SSSR count). The summed E-state index contributed by atoms with van der Waals surface area (Å²) < 4.78 is 16.3. The number of fused-ring (bicyclic) bond motifs is 1. The van der Waals surface area contributed by atoms with E-state index in [0.29, 0.717) is 10.7 Å². The Morgan fingerprint density at radius 1 is 0.857 bits per heavy atom. The zero-order chi connectivity index (χ0) is 23.9. The second kappa shape index (κ2) is 8.64. The summed E-state index contributed by atoms with van der Waals surface area (Å²) in [5.74, 6) is -0.232. The van der Waals surface area contributed by atoms with Gasteiger partial charge in [0.25, 0.3) is 0 Å². The fraction of sp³-hybridized carbons (Fsp3) is 0.103. The molecule has 1 aliphatic heterocycles. The Bertz CT molecular complexity index is 1550. The number of anilines is 1. The summed E-state index contributed by atoms with van der Waals surface area (Å²) in [5.41, 5.74) is 4.44.